The van der Waals surface area contributed by atoms with Gasteiger partial charge < -0.3 is 14.2 Å². The summed E-state index contributed by atoms with van der Waals surface area (Å²) in [6, 6.07) is 3.88. The highest BCUT2D eigenvalue weighted by Crippen LogP contribution is 2.43. The van der Waals surface area contributed by atoms with Gasteiger partial charge in [-0.05, 0) is 30.9 Å². The Labute approximate surface area is 119 Å². The second kappa shape index (κ2) is 4.86. The Morgan fingerprint density at radius 3 is 2.75 bits per heavy atom. The van der Waals surface area contributed by atoms with Crippen LogP contribution in [0.4, 0.5) is 0 Å². The summed E-state index contributed by atoms with van der Waals surface area (Å²) in [6.07, 6.45) is 0.0612. The van der Waals surface area contributed by atoms with Crippen molar-refractivity contribution in [1.29, 1.82) is 0 Å². The molecule has 0 N–H and O–H groups in total. The predicted molar refractivity (Wildman–Crippen MR) is 74.0 cm³/mol. The topological polar surface area (TPSA) is 44.8 Å². The van der Waals surface area contributed by atoms with E-state index in [1.54, 1.807) is 7.11 Å². The van der Waals surface area contributed by atoms with E-state index in [1.807, 2.05) is 32.9 Å². The quantitative estimate of drug-likeness (QED) is 0.833. The van der Waals surface area contributed by atoms with Gasteiger partial charge in [-0.3, -0.25) is 4.79 Å². The molecule has 4 nitrogen and oxygen atoms in total. The van der Waals surface area contributed by atoms with Crippen molar-refractivity contribution in [2.24, 2.45) is 5.92 Å². The number of ether oxygens (including phenoxy) is 3. The molecule has 0 saturated heterocycles. The highest BCUT2D eigenvalue weighted by molar-refractivity contribution is 6.05. The average molecular weight is 276 g/mol. The third-order valence-electron chi connectivity index (χ3n) is 3.97. The summed E-state index contributed by atoms with van der Waals surface area (Å²) in [5.41, 5.74) is 2.69. The summed E-state index contributed by atoms with van der Waals surface area (Å²) in [5.74, 6) is 0.867. The molecule has 3 rings (SSSR count). The van der Waals surface area contributed by atoms with Crippen LogP contribution in [0.2, 0.25) is 0 Å². The number of ketones is 1. The Kier molecular flexibility index (Phi) is 3.30. The van der Waals surface area contributed by atoms with Crippen LogP contribution >= 0.6 is 0 Å². The van der Waals surface area contributed by atoms with Crippen molar-refractivity contribution < 1.29 is 19.0 Å². The smallest absolute Gasteiger partial charge is 0.207 e. The lowest BCUT2D eigenvalue weighted by Crippen LogP contribution is -2.27. The van der Waals surface area contributed by atoms with Crippen molar-refractivity contribution in [2.75, 3.05) is 7.11 Å². The summed E-state index contributed by atoms with van der Waals surface area (Å²) < 4.78 is 17.2. The van der Waals surface area contributed by atoms with Gasteiger partial charge in [-0.25, -0.2) is 0 Å². The zero-order valence-corrected chi connectivity index (χ0v) is 12.3. The van der Waals surface area contributed by atoms with Gasteiger partial charge in [0, 0.05) is 7.11 Å². The van der Waals surface area contributed by atoms with Crippen LogP contribution in [0, 0.1) is 5.92 Å². The van der Waals surface area contributed by atoms with Crippen molar-refractivity contribution in [3.63, 3.8) is 0 Å². The summed E-state index contributed by atoms with van der Waals surface area (Å²) >= 11 is 0. The van der Waals surface area contributed by atoms with Gasteiger partial charge in [0.15, 0.2) is 12.4 Å². The molecule has 2 aliphatic heterocycles. The lowest BCUT2D eigenvalue weighted by atomic mass is 9.93. The molecule has 4 heteroatoms. The van der Waals surface area contributed by atoms with E-state index in [4.69, 9.17) is 14.2 Å². The molecule has 0 bridgehead atoms. The number of hydrogen-bond donors (Lipinski definition) is 0. The van der Waals surface area contributed by atoms with Crippen molar-refractivity contribution >= 4 is 5.78 Å². The number of rotatable bonds is 2. The van der Waals surface area contributed by atoms with Gasteiger partial charge in [0.1, 0.15) is 5.75 Å². The Bertz CT molecular complexity index is 550. The first-order valence-corrected chi connectivity index (χ1v) is 7.07. The van der Waals surface area contributed by atoms with Crippen molar-refractivity contribution in [1.82, 2.24) is 0 Å². The molecule has 3 atom stereocenters. The summed E-state index contributed by atoms with van der Waals surface area (Å²) in [4.78, 5) is 12.4. The molecule has 0 spiro atoms. The molecule has 108 valence electrons. The van der Waals surface area contributed by atoms with Crippen LogP contribution in [-0.2, 0) is 15.9 Å². The van der Waals surface area contributed by atoms with Crippen molar-refractivity contribution in [2.45, 2.75) is 45.7 Å². The van der Waals surface area contributed by atoms with E-state index in [9.17, 15) is 4.79 Å². The highest BCUT2D eigenvalue weighted by atomic mass is 16.7. The molecule has 1 aromatic rings. The SMILES string of the molecule is CO[C@H]1O[C@@H](C)Cc2ccc3c(c21)OC(C(C)C)C3=O. The van der Waals surface area contributed by atoms with Crippen LogP contribution in [0.3, 0.4) is 0 Å². The molecule has 0 saturated carbocycles. The van der Waals surface area contributed by atoms with Gasteiger partial charge in [-0.1, -0.05) is 19.9 Å². The number of hydrogen-bond acceptors (Lipinski definition) is 4. The molecule has 0 fully saturated rings. The van der Waals surface area contributed by atoms with Crippen LogP contribution in [-0.4, -0.2) is 25.1 Å². The normalized spacial score (nSPS) is 28.2. The molecule has 1 aromatic carbocycles. The molecular formula is C16H20O4. The maximum atomic E-state index is 12.4. The van der Waals surface area contributed by atoms with Gasteiger partial charge in [-0.2, -0.15) is 0 Å². The number of carbonyl (C=O) groups excluding carboxylic acids is 1. The number of carbonyl (C=O) groups is 1. The first kappa shape index (κ1) is 13.6. The van der Waals surface area contributed by atoms with E-state index in [0.29, 0.717) is 11.3 Å². The fraction of sp³-hybridized carbons (Fsp3) is 0.562. The third-order valence-corrected chi connectivity index (χ3v) is 3.97. The van der Waals surface area contributed by atoms with Gasteiger partial charge in [0.05, 0.1) is 17.2 Å². The van der Waals surface area contributed by atoms with Crippen LogP contribution in [0.25, 0.3) is 0 Å². The Morgan fingerprint density at radius 2 is 2.10 bits per heavy atom. The minimum atomic E-state index is -0.456. The van der Waals surface area contributed by atoms with Crippen molar-refractivity contribution in [3.05, 3.63) is 28.8 Å². The number of Topliss-reactive ketones (excluding diaryl/α,β-unsaturated/α-hetero) is 1. The molecule has 0 radical (unpaired) electrons. The fourth-order valence-electron chi connectivity index (χ4n) is 2.98. The van der Waals surface area contributed by atoms with Crippen LogP contribution in [0.5, 0.6) is 5.75 Å². The molecule has 0 aliphatic carbocycles. The van der Waals surface area contributed by atoms with Crippen LogP contribution in [0.15, 0.2) is 12.1 Å². The molecular weight excluding hydrogens is 256 g/mol. The summed E-state index contributed by atoms with van der Waals surface area (Å²) in [5, 5.41) is 0. The number of methoxy groups -OCH3 is 1. The van der Waals surface area contributed by atoms with Crippen LogP contribution < -0.4 is 4.74 Å². The maximum absolute atomic E-state index is 12.4. The Morgan fingerprint density at radius 1 is 1.35 bits per heavy atom. The largest absolute Gasteiger partial charge is 0.481 e. The molecule has 1 unspecified atom stereocenters. The number of benzene rings is 1. The van der Waals surface area contributed by atoms with Crippen LogP contribution in [0.1, 0.15) is 48.5 Å². The monoisotopic (exact) mass is 276 g/mol. The van der Waals surface area contributed by atoms with E-state index in [-0.39, 0.29) is 17.8 Å². The standard InChI is InChI=1S/C16H20O4/c1-8(2)14-13(17)11-6-5-10-7-9(3)19-16(18-4)12(10)15(11)20-14/h5-6,8-9,14,16H,7H2,1-4H3/t9-,14?,16-/m0/s1. The van der Waals surface area contributed by atoms with E-state index in [2.05, 4.69) is 0 Å². The molecule has 0 amide bonds. The second-order valence-corrected chi connectivity index (χ2v) is 5.88. The molecule has 0 aromatic heterocycles. The lowest BCUT2D eigenvalue weighted by Gasteiger charge is -2.30. The summed E-state index contributed by atoms with van der Waals surface area (Å²) in [6.45, 7) is 6.01. The second-order valence-electron chi connectivity index (χ2n) is 5.88. The molecule has 2 aliphatic rings. The van der Waals surface area contributed by atoms with E-state index >= 15 is 0 Å². The van der Waals surface area contributed by atoms with E-state index < -0.39 is 12.4 Å². The zero-order valence-electron chi connectivity index (χ0n) is 12.3. The van der Waals surface area contributed by atoms with Crippen molar-refractivity contribution in [3.8, 4) is 5.75 Å². The predicted octanol–water partition coefficient (Wildman–Crippen LogP) is 2.89. The van der Waals surface area contributed by atoms with Gasteiger partial charge in [0.25, 0.3) is 0 Å². The Hall–Kier alpha value is -1.39. The van der Waals surface area contributed by atoms with E-state index in [1.165, 1.54) is 0 Å². The minimum absolute atomic E-state index is 0.0614. The first-order chi connectivity index (χ1) is 9.52. The van der Waals surface area contributed by atoms with Gasteiger partial charge >= 0.3 is 0 Å². The minimum Gasteiger partial charge on any atom is -0.481 e. The summed E-state index contributed by atoms with van der Waals surface area (Å²) in [7, 11) is 1.61. The first-order valence-electron chi connectivity index (χ1n) is 7.07. The molecule has 2 heterocycles. The van der Waals surface area contributed by atoms with E-state index in [0.717, 1.165) is 17.5 Å². The Balaban J connectivity index is 2.10. The highest BCUT2D eigenvalue weighted by Gasteiger charge is 2.40. The lowest BCUT2D eigenvalue weighted by molar-refractivity contribution is -0.164. The third kappa shape index (κ3) is 1.95. The zero-order chi connectivity index (χ0) is 14.4. The fourth-order valence-corrected chi connectivity index (χ4v) is 2.98. The van der Waals surface area contributed by atoms with Gasteiger partial charge in [0.2, 0.25) is 5.78 Å². The average Bonchev–Trinajstić information content (AvgIpc) is 2.75. The number of fused-ring (bicyclic) bond motifs is 3. The molecule has 20 heavy (non-hydrogen) atoms. The van der Waals surface area contributed by atoms with Gasteiger partial charge in [-0.15, -0.1) is 0 Å². The maximum Gasteiger partial charge on any atom is 0.207 e.